The van der Waals surface area contributed by atoms with Crippen molar-refractivity contribution in [2.45, 2.75) is 25.0 Å². The molecule has 29 heavy (non-hydrogen) atoms. The predicted molar refractivity (Wildman–Crippen MR) is 105 cm³/mol. The molecular weight excluding hydrogens is 399 g/mol. The Morgan fingerprint density at radius 2 is 1.83 bits per heavy atom. The Morgan fingerprint density at radius 1 is 1.21 bits per heavy atom. The van der Waals surface area contributed by atoms with E-state index in [0.29, 0.717) is 12.2 Å². The summed E-state index contributed by atoms with van der Waals surface area (Å²) in [5.74, 6) is -0.250. The zero-order valence-corrected chi connectivity index (χ0v) is 17.0. The summed E-state index contributed by atoms with van der Waals surface area (Å²) in [7, 11) is -0.569. The SMILES string of the molecule is CN(C)CCCC1(c2ccc(F)cc2)OCc2cc(C#N)ccc21.O=S(=O)(O)O. The first-order valence-electron chi connectivity index (χ1n) is 8.83. The fourth-order valence-electron chi connectivity index (χ4n) is 3.41. The van der Waals surface area contributed by atoms with Crippen molar-refractivity contribution >= 4 is 10.4 Å². The zero-order valence-electron chi connectivity index (χ0n) is 16.2. The molecular formula is C20H23FN2O5S. The van der Waals surface area contributed by atoms with Gasteiger partial charge in [-0.2, -0.15) is 13.7 Å². The lowest BCUT2D eigenvalue weighted by molar-refractivity contribution is -0.0140. The van der Waals surface area contributed by atoms with Gasteiger partial charge in [0.2, 0.25) is 0 Å². The number of fused-ring (bicyclic) bond motifs is 1. The molecule has 1 aliphatic heterocycles. The first kappa shape index (κ1) is 22.9. The van der Waals surface area contributed by atoms with Crippen LogP contribution in [0.1, 0.15) is 35.1 Å². The van der Waals surface area contributed by atoms with Crippen molar-refractivity contribution in [3.63, 3.8) is 0 Å². The van der Waals surface area contributed by atoms with Crippen LogP contribution >= 0.6 is 0 Å². The van der Waals surface area contributed by atoms with E-state index >= 15 is 0 Å². The van der Waals surface area contributed by atoms with Crippen LogP contribution in [0.2, 0.25) is 0 Å². The van der Waals surface area contributed by atoms with Gasteiger partial charge in [-0.1, -0.05) is 18.2 Å². The summed E-state index contributed by atoms with van der Waals surface area (Å²) in [6.07, 6.45) is 1.78. The van der Waals surface area contributed by atoms with Gasteiger partial charge >= 0.3 is 10.4 Å². The minimum absolute atomic E-state index is 0.250. The lowest BCUT2D eigenvalue weighted by Gasteiger charge is -2.31. The predicted octanol–water partition coefficient (Wildman–Crippen LogP) is 3.16. The highest BCUT2D eigenvalue weighted by molar-refractivity contribution is 7.79. The monoisotopic (exact) mass is 422 g/mol. The van der Waals surface area contributed by atoms with Gasteiger partial charge in [-0.25, -0.2) is 4.39 Å². The van der Waals surface area contributed by atoms with E-state index < -0.39 is 16.0 Å². The molecule has 0 aliphatic carbocycles. The molecule has 156 valence electrons. The molecule has 1 heterocycles. The minimum Gasteiger partial charge on any atom is -0.361 e. The number of benzene rings is 2. The van der Waals surface area contributed by atoms with Gasteiger partial charge in [0.1, 0.15) is 11.4 Å². The molecule has 1 unspecified atom stereocenters. The summed E-state index contributed by atoms with van der Waals surface area (Å²) < 4.78 is 51.2. The van der Waals surface area contributed by atoms with E-state index in [9.17, 15) is 4.39 Å². The summed E-state index contributed by atoms with van der Waals surface area (Å²) in [5, 5.41) is 9.11. The maximum absolute atomic E-state index is 13.4. The molecule has 2 aromatic carbocycles. The second kappa shape index (κ2) is 9.43. The standard InChI is InChI=1S/C20H21FN2O.H2O4S/c1-23(2)11-3-10-20(17-5-7-18(21)8-6-17)19-9-4-15(13-22)12-16(19)14-24-20;1-5(2,3)4/h4-9,12H,3,10-11,14H2,1-2H3;(H2,1,2,3,4). The van der Waals surface area contributed by atoms with E-state index in [2.05, 4.69) is 11.0 Å². The number of halogens is 1. The van der Waals surface area contributed by atoms with Crippen LogP contribution in [-0.2, 0) is 27.3 Å². The van der Waals surface area contributed by atoms with Crippen molar-refractivity contribution in [2.24, 2.45) is 0 Å². The number of hydrogen-bond donors (Lipinski definition) is 2. The molecule has 0 fully saturated rings. The molecule has 1 atom stereocenters. The number of rotatable bonds is 5. The summed E-state index contributed by atoms with van der Waals surface area (Å²) in [6, 6.07) is 14.5. The first-order valence-corrected chi connectivity index (χ1v) is 10.2. The van der Waals surface area contributed by atoms with Crippen molar-refractivity contribution in [2.75, 3.05) is 20.6 Å². The molecule has 0 aromatic heterocycles. The number of ether oxygens (including phenoxy) is 1. The summed E-state index contributed by atoms with van der Waals surface area (Å²) >= 11 is 0. The van der Waals surface area contributed by atoms with Gasteiger partial charge in [0.25, 0.3) is 0 Å². The van der Waals surface area contributed by atoms with E-state index in [1.807, 2.05) is 32.3 Å². The smallest absolute Gasteiger partial charge is 0.361 e. The van der Waals surface area contributed by atoms with Crippen molar-refractivity contribution in [1.29, 1.82) is 5.26 Å². The molecule has 2 aromatic rings. The third-order valence-corrected chi connectivity index (χ3v) is 4.59. The van der Waals surface area contributed by atoms with Crippen LogP contribution in [0.5, 0.6) is 0 Å². The fourth-order valence-corrected chi connectivity index (χ4v) is 3.41. The lowest BCUT2D eigenvalue weighted by Crippen LogP contribution is -2.28. The van der Waals surface area contributed by atoms with Crippen molar-refractivity contribution < 1.29 is 26.7 Å². The van der Waals surface area contributed by atoms with Gasteiger partial charge in [0, 0.05) is 0 Å². The molecule has 1 aliphatic rings. The van der Waals surface area contributed by atoms with E-state index in [1.165, 1.54) is 12.1 Å². The van der Waals surface area contributed by atoms with Gasteiger partial charge < -0.3 is 9.64 Å². The van der Waals surface area contributed by atoms with Gasteiger partial charge in [0.15, 0.2) is 0 Å². The Morgan fingerprint density at radius 3 is 2.38 bits per heavy atom. The molecule has 0 saturated carbocycles. The van der Waals surface area contributed by atoms with Crippen LogP contribution in [-0.4, -0.2) is 43.1 Å². The van der Waals surface area contributed by atoms with E-state index in [-0.39, 0.29) is 5.82 Å². The van der Waals surface area contributed by atoms with Gasteiger partial charge in [-0.05, 0) is 74.4 Å². The summed E-state index contributed by atoms with van der Waals surface area (Å²) in [4.78, 5) is 2.15. The maximum atomic E-state index is 13.4. The molecule has 2 N–H and O–H groups in total. The molecule has 0 bridgehead atoms. The molecule has 0 radical (unpaired) electrons. The summed E-state index contributed by atoms with van der Waals surface area (Å²) in [6.45, 7) is 1.43. The van der Waals surface area contributed by atoms with Crippen LogP contribution in [0, 0.1) is 17.1 Å². The van der Waals surface area contributed by atoms with Crippen LogP contribution < -0.4 is 0 Å². The molecule has 9 heteroatoms. The third kappa shape index (κ3) is 6.32. The topological polar surface area (TPSA) is 111 Å². The van der Waals surface area contributed by atoms with E-state index in [1.54, 1.807) is 12.1 Å². The van der Waals surface area contributed by atoms with E-state index in [4.69, 9.17) is 27.5 Å². The molecule has 0 saturated heterocycles. The fraction of sp³-hybridized carbons (Fsp3) is 0.350. The summed E-state index contributed by atoms with van der Waals surface area (Å²) in [5.41, 5.74) is 3.18. The average molecular weight is 422 g/mol. The first-order chi connectivity index (χ1) is 13.5. The van der Waals surface area contributed by atoms with Gasteiger partial charge in [-0.3, -0.25) is 9.11 Å². The molecule has 0 spiro atoms. The second-order valence-corrected chi connectivity index (χ2v) is 7.86. The van der Waals surface area contributed by atoms with Crippen LogP contribution in [0.15, 0.2) is 42.5 Å². The highest BCUT2D eigenvalue weighted by Gasteiger charge is 2.41. The maximum Gasteiger partial charge on any atom is 0.394 e. The largest absolute Gasteiger partial charge is 0.394 e. The normalized spacial score (nSPS) is 18.0. The Labute approximate surface area is 169 Å². The third-order valence-electron chi connectivity index (χ3n) is 4.59. The van der Waals surface area contributed by atoms with Crippen LogP contribution in [0.4, 0.5) is 4.39 Å². The minimum atomic E-state index is -4.67. The lowest BCUT2D eigenvalue weighted by atomic mass is 9.81. The molecule has 3 rings (SSSR count). The Kier molecular flexibility index (Phi) is 7.46. The highest BCUT2D eigenvalue weighted by Crippen LogP contribution is 2.45. The van der Waals surface area contributed by atoms with Crippen molar-refractivity contribution in [3.8, 4) is 6.07 Å². The molecule has 7 nitrogen and oxygen atoms in total. The van der Waals surface area contributed by atoms with Gasteiger partial charge in [-0.15, -0.1) is 0 Å². The number of nitrogens with zero attached hydrogens (tertiary/aromatic N) is 2. The average Bonchev–Trinajstić information content (AvgIpc) is 2.99. The number of nitriles is 1. The van der Waals surface area contributed by atoms with Crippen molar-refractivity contribution in [3.05, 3.63) is 70.5 Å². The number of hydrogen-bond acceptors (Lipinski definition) is 5. The zero-order chi connectivity index (χ0) is 21.7. The molecule has 0 amide bonds. The van der Waals surface area contributed by atoms with Crippen LogP contribution in [0.3, 0.4) is 0 Å². The van der Waals surface area contributed by atoms with E-state index in [0.717, 1.165) is 36.1 Å². The Bertz CT molecular complexity index is 979. The van der Waals surface area contributed by atoms with Gasteiger partial charge in [0.05, 0.1) is 18.2 Å². The Hall–Kier alpha value is -2.35. The van der Waals surface area contributed by atoms with Crippen LogP contribution in [0.25, 0.3) is 0 Å². The quantitative estimate of drug-likeness (QED) is 0.712. The highest BCUT2D eigenvalue weighted by atomic mass is 32.3. The Balaban J connectivity index is 0.000000537. The van der Waals surface area contributed by atoms with Crippen molar-refractivity contribution in [1.82, 2.24) is 4.90 Å². The second-order valence-electron chi connectivity index (χ2n) is 6.96.